The summed E-state index contributed by atoms with van der Waals surface area (Å²) >= 11 is 2.23. The van der Waals surface area contributed by atoms with Crippen LogP contribution in [0.5, 0.6) is 0 Å². The zero-order chi connectivity index (χ0) is 11.6. The lowest BCUT2D eigenvalue weighted by Crippen LogP contribution is -2.44. The lowest BCUT2D eigenvalue weighted by Gasteiger charge is -2.11. The van der Waals surface area contributed by atoms with Gasteiger partial charge in [-0.25, -0.2) is 0 Å². The Kier molecular flexibility index (Phi) is 3.49. The monoisotopic (exact) mass is 330 g/mol. The minimum Gasteiger partial charge on any atom is -0.354 e. The van der Waals surface area contributed by atoms with Gasteiger partial charge in [0.1, 0.15) is 5.54 Å². The second-order valence-corrected chi connectivity index (χ2v) is 5.23. The highest BCUT2D eigenvalue weighted by atomic mass is 127. The summed E-state index contributed by atoms with van der Waals surface area (Å²) < 4.78 is 0.912. The fourth-order valence-corrected chi connectivity index (χ4v) is 2.23. The third-order valence-corrected chi connectivity index (χ3v) is 3.55. The Morgan fingerprint density at radius 2 is 2.19 bits per heavy atom. The summed E-state index contributed by atoms with van der Waals surface area (Å²) in [6.07, 6.45) is 0.754. The average molecular weight is 330 g/mol. The van der Waals surface area contributed by atoms with Crippen molar-refractivity contribution < 1.29 is 4.79 Å². The molecule has 1 aliphatic rings. The van der Waals surface area contributed by atoms with Crippen LogP contribution in [-0.2, 0) is 4.79 Å². The maximum Gasteiger partial charge on any atom is 0.240 e. The van der Waals surface area contributed by atoms with Crippen molar-refractivity contribution in [2.45, 2.75) is 17.9 Å². The smallest absolute Gasteiger partial charge is 0.240 e. The highest BCUT2D eigenvalue weighted by Gasteiger charge is 2.57. The highest BCUT2D eigenvalue weighted by Crippen LogP contribution is 2.49. The van der Waals surface area contributed by atoms with Crippen molar-refractivity contribution in [3.8, 4) is 0 Å². The fourth-order valence-electron chi connectivity index (χ4n) is 1.96. The predicted molar refractivity (Wildman–Crippen MR) is 72.6 cm³/mol. The Labute approximate surface area is 109 Å². The standard InChI is InChI=1S/C12H15IN2O/c13-6-7-15-11(16)12(14)8-10(12)9-4-2-1-3-5-9/h1-5,10H,6-8,14H2,(H,15,16)/t10-,12+/m1/s1. The van der Waals surface area contributed by atoms with Crippen LogP contribution in [0, 0.1) is 0 Å². The summed E-state index contributed by atoms with van der Waals surface area (Å²) in [4.78, 5) is 11.8. The van der Waals surface area contributed by atoms with Crippen molar-refractivity contribution in [1.82, 2.24) is 5.32 Å². The summed E-state index contributed by atoms with van der Waals surface area (Å²) in [6, 6.07) is 10.0. The van der Waals surface area contributed by atoms with Crippen LogP contribution in [0.15, 0.2) is 30.3 Å². The van der Waals surface area contributed by atoms with Crippen LogP contribution in [0.25, 0.3) is 0 Å². The molecule has 2 rings (SSSR count). The van der Waals surface area contributed by atoms with Gasteiger partial charge in [0.25, 0.3) is 0 Å². The number of nitrogens with one attached hydrogen (secondary N) is 1. The number of carbonyl (C=O) groups excluding carboxylic acids is 1. The molecule has 3 N–H and O–H groups in total. The molecule has 1 saturated carbocycles. The molecule has 2 atom stereocenters. The Balaban J connectivity index is 2.01. The van der Waals surface area contributed by atoms with Gasteiger partial charge in [0, 0.05) is 16.9 Å². The normalized spacial score (nSPS) is 27.5. The van der Waals surface area contributed by atoms with Gasteiger partial charge in [-0.3, -0.25) is 4.79 Å². The third kappa shape index (κ3) is 2.22. The molecule has 86 valence electrons. The SMILES string of the molecule is N[C@@]1(C(=O)NCCI)C[C@@H]1c1ccccc1. The Bertz CT molecular complexity index is 382. The van der Waals surface area contributed by atoms with E-state index in [9.17, 15) is 4.79 Å². The molecule has 1 amide bonds. The van der Waals surface area contributed by atoms with Gasteiger partial charge in [0.05, 0.1) is 0 Å². The Morgan fingerprint density at radius 3 is 2.81 bits per heavy atom. The minimum atomic E-state index is -0.673. The number of rotatable bonds is 4. The molecule has 0 saturated heterocycles. The number of halogens is 1. The predicted octanol–water partition coefficient (Wildman–Crippen LogP) is 1.42. The van der Waals surface area contributed by atoms with Gasteiger partial charge >= 0.3 is 0 Å². The first-order valence-corrected chi connectivity index (χ1v) is 6.89. The average Bonchev–Trinajstić information content (AvgIpc) is 3.01. The van der Waals surface area contributed by atoms with E-state index < -0.39 is 5.54 Å². The summed E-state index contributed by atoms with van der Waals surface area (Å²) in [5.74, 6) is 0.168. The van der Waals surface area contributed by atoms with Gasteiger partial charge in [-0.1, -0.05) is 52.9 Å². The van der Waals surface area contributed by atoms with Gasteiger partial charge in [-0.05, 0) is 12.0 Å². The van der Waals surface area contributed by atoms with E-state index in [0.29, 0.717) is 6.54 Å². The largest absolute Gasteiger partial charge is 0.354 e. The van der Waals surface area contributed by atoms with Crippen molar-refractivity contribution in [2.24, 2.45) is 5.73 Å². The maximum absolute atomic E-state index is 11.8. The van der Waals surface area contributed by atoms with Crippen LogP contribution in [0.1, 0.15) is 17.9 Å². The van der Waals surface area contributed by atoms with E-state index in [-0.39, 0.29) is 11.8 Å². The van der Waals surface area contributed by atoms with Crippen LogP contribution < -0.4 is 11.1 Å². The molecule has 16 heavy (non-hydrogen) atoms. The number of amides is 1. The van der Waals surface area contributed by atoms with Crippen molar-refractivity contribution in [3.05, 3.63) is 35.9 Å². The molecule has 1 aromatic carbocycles. The second-order valence-electron chi connectivity index (χ2n) is 4.15. The third-order valence-electron chi connectivity index (χ3n) is 3.01. The van der Waals surface area contributed by atoms with E-state index in [0.717, 1.165) is 16.4 Å². The molecular weight excluding hydrogens is 315 g/mol. The van der Waals surface area contributed by atoms with Crippen LogP contribution in [-0.4, -0.2) is 22.4 Å². The zero-order valence-corrected chi connectivity index (χ0v) is 11.1. The minimum absolute atomic E-state index is 0.0157. The van der Waals surface area contributed by atoms with Crippen molar-refractivity contribution >= 4 is 28.5 Å². The number of nitrogens with two attached hydrogens (primary N) is 1. The van der Waals surface area contributed by atoms with Crippen LogP contribution >= 0.6 is 22.6 Å². The Morgan fingerprint density at radius 1 is 1.50 bits per heavy atom. The van der Waals surface area contributed by atoms with Crippen molar-refractivity contribution in [2.75, 3.05) is 11.0 Å². The quantitative estimate of drug-likeness (QED) is 0.648. The first-order chi connectivity index (χ1) is 7.68. The molecule has 4 heteroatoms. The van der Waals surface area contributed by atoms with Gasteiger partial charge in [-0.15, -0.1) is 0 Å². The summed E-state index contributed by atoms with van der Waals surface area (Å²) in [5, 5.41) is 2.86. The molecule has 0 unspecified atom stereocenters. The second kappa shape index (κ2) is 4.71. The first kappa shape index (κ1) is 11.9. The molecule has 0 aromatic heterocycles. The van der Waals surface area contributed by atoms with Crippen LogP contribution in [0.3, 0.4) is 0 Å². The zero-order valence-electron chi connectivity index (χ0n) is 8.95. The molecule has 0 heterocycles. The van der Waals surface area contributed by atoms with E-state index in [4.69, 9.17) is 5.73 Å². The molecule has 1 aromatic rings. The molecule has 0 radical (unpaired) electrons. The van der Waals surface area contributed by atoms with E-state index in [1.165, 1.54) is 0 Å². The van der Waals surface area contributed by atoms with Gasteiger partial charge in [-0.2, -0.15) is 0 Å². The first-order valence-electron chi connectivity index (χ1n) is 5.36. The van der Waals surface area contributed by atoms with Crippen LogP contribution in [0.2, 0.25) is 0 Å². The van der Waals surface area contributed by atoms with Gasteiger partial charge in [0.15, 0.2) is 0 Å². The number of carbonyl (C=O) groups is 1. The van der Waals surface area contributed by atoms with E-state index in [2.05, 4.69) is 27.9 Å². The molecule has 1 aliphatic carbocycles. The maximum atomic E-state index is 11.8. The van der Waals surface area contributed by atoms with Crippen molar-refractivity contribution in [3.63, 3.8) is 0 Å². The number of benzene rings is 1. The summed E-state index contributed by atoms with van der Waals surface area (Å²) in [5.41, 5.74) is 6.58. The van der Waals surface area contributed by atoms with Crippen LogP contribution in [0.4, 0.5) is 0 Å². The van der Waals surface area contributed by atoms with E-state index in [1.807, 2.05) is 30.3 Å². The Hall–Kier alpha value is -0.620. The summed E-state index contributed by atoms with van der Waals surface area (Å²) in [6.45, 7) is 0.694. The number of alkyl halides is 1. The lowest BCUT2D eigenvalue weighted by atomic mass is 10.1. The number of hydrogen-bond acceptors (Lipinski definition) is 2. The lowest BCUT2D eigenvalue weighted by molar-refractivity contribution is -0.123. The highest BCUT2D eigenvalue weighted by molar-refractivity contribution is 14.1. The van der Waals surface area contributed by atoms with E-state index in [1.54, 1.807) is 0 Å². The number of hydrogen-bond donors (Lipinski definition) is 2. The molecular formula is C12H15IN2O. The van der Waals surface area contributed by atoms with E-state index >= 15 is 0 Å². The van der Waals surface area contributed by atoms with Crippen molar-refractivity contribution in [1.29, 1.82) is 0 Å². The topological polar surface area (TPSA) is 55.1 Å². The molecule has 1 fully saturated rings. The summed E-state index contributed by atoms with van der Waals surface area (Å²) in [7, 11) is 0. The fraction of sp³-hybridized carbons (Fsp3) is 0.417. The van der Waals surface area contributed by atoms with Gasteiger partial charge in [0.2, 0.25) is 5.91 Å². The van der Waals surface area contributed by atoms with Gasteiger partial charge < -0.3 is 11.1 Å². The molecule has 3 nitrogen and oxygen atoms in total. The molecule has 0 bridgehead atoms. The molecule has 0 spiro atoms. The molecule has 0 aliphatic heterocycles.